The highest BCUT2D eigenvalue weighted by Gasteiger charge is 2.68. The van der Waals surface area contributed by atoms with E-state index < -0.39 is 5.85 Å². The van der Waals surface area contributed by atoms with Crippen molar-refractivity contribution < 1.29 is 13.9 Å². The lowest BCUT2D eigenvalue weighted by Gasteiger charge is -2.32. The Morgan fingerprint density at radius 2 is 1.05 bits per heavy atom. The Morgan fingerprint density at radius 1 is 0.460 bits per heavy atom. The van der Waals surface area contributed by atoms with E-state index in [4.69, 9.17) is 4.74 Å². The van der Waals surface area contributed by atoms with Gasteiger partial charge in [0.25, 0.3) is 0 Å². The first-order valence-corrected chi connectivity index (χ1v) is 21.9. The van der Waals surface area contributed by atoms with Crippen LogP contribution in [-0.2, 0) is 11.3 Å². The van der Waals surface area contributed by atoms with Gasteiger partial charge in [0.1, 0.15) is 22.6 Å². The Kier molecular flexibility index (Phi) is 7.46. The van der Waals surface area contributed by atoms with Gasteiger partial charge in [-0.2, -0.15) is 4.57 Å². The maximum atomic E-state index is 7.73. The number of fused-ring (bicyclic) bond motifs is 5. The van der Waals surface area contributed by atoms with Gasteiger partial charge < -0.3 is 4.74 Å². The lowest BCUT2D eigenvalue weighted by atomic mass is 9.79. The summed E-state index contributed by atoms with van der Waals surface area (Å²) in [5, 5.41) is 0. The number of ether oxygens (including phenoxy) is 1. The molecule has 1 unspecified atom stereocenters. The predicted molar refractivity (Wildman–Crippen MR) is 254 cm³/mol. The number of pyridine rings is 1. The van der Waals surface area contributed by atoms with E-state index in [1.165, 1.54) is 61.2 Å². The number of imidazole rings is 1. The van der Waals surface area contributed by atoms with Crippen molar-refractivity contribution in [2.75, 3.05) is 0 Å². The van der Waals surface area contributed by atoms with E-state index >= 15 is 0 Å². The van der Waals surface area contributed by atoms with Gasteiger partial charge >= 0.3 is 11.7 Å². The lowest BCUT2D eigenvalue weighted by molar-refractivity contribution is -0.997. The Labute approximate surface area is 367 Å². The molecule has 5 heterocycles. The van der Waals surface area contributed by atoms with Crippen LogP contribution in [0.5, 0.6) is 5.75 Å². The summed E-state index contributed by atoms with van der Waals surface area (Å²) in [6, 6.07) is 73.1. The van der Waals surface area contributed by atoms with Crippen LogP contribution >= 0.6 is 0 Å². The number of para-hydroxylation sites is 2. The highest BCUT2D eigenvalue weighted by Crippen LogP contribution is 2.55. The zero-order chi connectivity index (χ0) is 42.0. The fourth-order valence-electron chi connectivity index (χ4n) is 10.7. The largest absolute Gasteiger partial charge is 0.499 e. The second-order valence-corrected chi connectivity index (χ2v) is 18.1. The standard InChI is InChI=1S/C59H43N3O/c1-58(2,3)50-36-47(41-25-14-7-15-26-41)53(37-46(50)40-23-12-6-13-24-40)61-51-29-18-28-44-48-33-43(39-21-10-5-11-22-39)34-49-52-35-42(38-19-8-4-9-20-38)31-32-60(52)59(55(48)49)62(56(44)51)57(61)45-27-16-17-30-54(45)63-59/h4-37H,1-3H3/q+2. The SMILES string of the molecule is CC(C)(C)c1cc(-c2ccccc2)c(-n2c3[n+]4c5c(cccc52)-c2cc(-c5ccccc5)cc5c2C4(Oc2ccccc2-3)[n+]2ccc(-c3ccccc3)cc2-5)cc1-c1ccccc1. The number of benzene rings is 8. The quantitative estimate of drug-likeness (QED) is 0.159. The van der Waals surface area contributed by atoms with Crippen molar-refractivity contribution in [1.82, 2.24) is 4.57 Å². The topological polar surface area (TPSA) is 21.9 Å². The first-order chi connectivity index (χ1) is 30.9. The van der Waals surface area contributed by atoms with Gasteiger partial charge in [0, 0.05) is 28.8 Å². The second kappa shape index (κ2) is 13.1. The minimum Gasteiger partial charge on any atom is -0.392 e. The van der Waals surface area contributed by atoms with E-state index in [0.717, 1.165) is 50.7 Å². The smallest absolute Gasteiger partial charge is 0.392 e. The molecule has 13 rings (SSSR count). The second-order valence-electron chi connectivity index (χ2n) is 18.1. The normalized spacial score (nSPS) is 15.1. The molecule has 0 aliphatic carbocycles. The molecule has 63 heavy (non-hydrogen) atoms. The van der Waals surface area contributed by atoms with Crippen LogP contribution in [0.4, 0.5) is 0 Å². The maximum absolute atomic E-state index is 7.73. The minimum absolute atomic E-state index is 0.127. The molecule has 2 aromatic heterocycles. The van der Waals surface area contributed by atoms with E-state index in [1.807, 2.05) is 0 Å². The summed E-state index contributed by atoms with van der Waals surface area (Å²) in [4.78, 5) is 0. The monoisotopic (exact) mass is 809 g/mol. The summed E-state index contributed by atoms with van der Waals surface area (Å²) in [7, 11) is 0. The Bertz CT molecular complexity index is 3490. The molecule has 1 atom stereocenters. The van der Waals surface area contributed by atoms with Crippen LogP contribution in [0.1, 0.15) is 31.9 Å². The lowest BCUT2D eigenvalue weighted by Crippen LogP contribution is -2.78. The van der Waals surface area contributed by atoms with E-state index in [9.17, 15) is 0 Å². The zero-order valence-corrected chi connectivity index (χ0v) is 35.4. The molecule has 0 N–H and O–H groups in total. The van der Waals surface area contributed by atoms with Crippen molar-refractivity contribution in [2.45, 2.75) is 32.0 Å². The molecule has 3 aliphatic heterocycles. The summed E-state index contributed by atoms with van der Waals surface area (Å²) in [6.45, 7) is 6.98. The first kappa shape index (κ1) is 35.9. The zero-order valence-electron chi connectivity index (χ0n) is 35.4. The fourth-order valence-corrected chi connectivity index (χ4v) is 10.7. The molecule has 0 fully saturated rings. The molecule has 8 aromatic carbocycles. The molecular formula is C59H43N3O+2. The molecular weight excluding hydrogens is 767 g/mol. The third kappa shape index (κ3) is 5.03. The summed E-state index contributed by atoms with van der Waals surface area (Å²) in [5.74, 6) is 0.861. The van der Waals surface area contributed by atoms with Gasteiger partial charge in [-0.1, -0.05) is 160 Å². The Morgan fingerprint density at radius 3 is 1.73 bits per heavy atom. The first-order valence-electron chi connectivity index (χ1n) is 21.9. The average molecular weight is 810 g/mol. The van der Waals surface area contributed by atoms with Crippen LogP contribution in [0.3, 0.4) is 0 Å². The van der Waals surface area contributed by atoms with Crippen molar-refractivity contribution in [2.24, 2.45) is 0 Å². The number of aromatic nitrogens is 3. The third-order valence-corrected chi connectivity index (χ3v) is 13.5. The van der Waals surface area contributed by atoms with Crippen LogP contribution in [0.2, 0.25) is 0 Å². The molecule has 10 aromatic rings. The van der Waals surface area contributed by atoms with Crippen LogP contribution < -0.4 is 13.9 Å². The van der Waals surface area contributed by atoms with Crippen molar-refractivity contribution in [1.29, 1.82) is 0 Å². The predicted octanol–water partition coefficient (Wildman–Crippen LogP) is 13.4. The molecule has 0 amide bonds. The van der Waals surface area contributed by atoms with E-state index in [1.54, 1.807) is 0 Å². The van der Waals surface area contributed by atoms with E-state index in [2.05, 4.69) is 241 Å². The van der Waals surface area contributed by atoms with E-state index in [0.29, 0.717) is 0 Å². The Hall–Kier alpha value is -7.82. The van der Waals surface area contributed by atoms with Crippen molar-refractivity contribution in [3.05, 3.63) is 218 Å². The number of nitrogens with zero attached hydrogens (tertiary/aromatic N) is 3. The van der Waals surface area contributed by atoms with E-state index in [-0.39, 0.29) is 5.41 Å². The highest BCUT2D eigenvalue weighted by atomic mass is 16.5. The third-order valence-electron chi connectivity index (χ3n) is 13.5. The van der Waals surface area contributed by atoms with Crippen LogP contribution in [-0.4, -0.2) is 4.57 Å². The van der Waals surface area contributed by atoms with Gasteiger partial charge in [0.15, 0.2) is 17.2 Å². The minimum atomic E-state index is -1.06. The molecule has 0 radical (unpaired) electrons. The summed E-state index contributed by atoms with van der Waals surface area (Å²) < 4.78 is 15.2. The molecule has 4 heteroatoms. The molecule has 3 aliphatic rings. The molecule has 298 valence electrons. The molecule has 0 saturated heterocycles. The van der Waals surface area contributed by atoms with Gasteiger partial charge in [-0.15, -0.1) is 9.13 Å². The van der Waals surface area contributed by atoms with Crippen molar-refractivity contribution in [3.8, 4) is 89.7 Å². The van der Waals surface area contributed by atoms with Crippen molar-refractivity contribution >= 4 is 11.0 Å². The highest BCUT2D eigenvalue weighted by molar-refractivity contribution is 6.00. The van der Waals surface area contributed by atoms with Gasteiger partial charge in [0.2, 0.25) is 5.69 Å². The van der Waals surface area contributed by atoms with Crippen molar-refractivity contribution in [3.63, 3.8) is 0 Å². The summed E-state index contributed by atoms with van der Waals surface area (Å²) >= 11 is 0. The Balaban J connectivity index is 1.21. The number of hydrogen-bond acceptors (Lipinski definition) is 1. The van der Waals surface area contributed by atoms with Gasteiger partial charge in [-0.05, 0) is 98.5 Å². The number of rotatable bonds is 5. The fraction of sp³-hybridized carbons (Fsp3) is 0.0847. The summed E-state index contributed by atoms with van der Waals surface area (Å²) in [5.41, 5.74) is 20.9. The van der Waals surface area contributed by atoms with Crippen LogP contribution in [0.15, 0.2) is 206 Å². The van der Waals surface area contributed by atoms with Crippen LogP contribution in [0, 0.1) is 0 Å². The van der Waals surface area contributed by atoms with Crippen LogP contribution in [0.25, 0.3) is 95.0 Å². The van der Waals surface area contributed by atoms with Gasteiger partial charge in [-0.25, -0.2) is 0 Å². The summed E-state index contributed by atoms with van der Waals surface area (Å²) in [6.07, 6.45) is 2.26. The number of hydrogen-bond donors (Lipinski definition) is 0. The molecule has 1 spiro atoms. The maximum Gasteiger partial charge on any atom is 0.499 e. The molecule has 0 bridgehead atoms. The van der Waals surface area contributed by atoms with Gasteiger partial charge in [0.05, 0.1) is 5.56 Å². The average Bonchev–Trinajstić information content (AvgIpc) is 3.83. The molecule has 4 nitrogen and oxygen atoms in total. The molecule has 0 saturated carbocycles. The van der Waals surface area contributed by atoms with Gasteiger partial charge in [-0.3, -0.25) is 0 Å².